The molecule has 0 saturated carbocycles. The molecule has 0 radical (unpaired) electrons. The van der Waals surface area contributed by atoms with Gasteiger partial charge in [0.2, 0.25) is 35.4 Å². The van der Waals surface area contributed by atoms with Gasteiger partial charge >= 0.3 is 12.1 Å². The van der Waals surface area contributed by atoms with Gasteiger partial charge in [-0.05, 0) is 68.6 Å². The zero-order valence-electron chi connectivity index (χ0n) is 34.5. The van der Waals surface area contributed by atoms with Gasteiger partial charge in [0.1, 0.15) is 36.0 Å². The van der Waals surface area contributed by atoms with E-state index in [9.17, 15) is 51.8 Å². The minimum Gasteiger partial charge on any atom is -0.508 e. The van der Waals surface area contributed by atoms with Gasteiger partial charge in [0.05, 0.1) is 0 Å². The maximum atomic E-state index is 14.0. The number of nitrogens with one attached hydrogen (secondary N) is 6. The van der Waals surface area contributed by atoms with Crippen LogP contribution in [0.1, 0.15) is 77.7 Å². The van der Waals surface area contributed by atoms with E-state index < -0.39 is 90.2 Å². The molecule has 0 aliphatic carbocycles. The number of carbonyl (C=O) groups is 7. The lowest BCUT2D eigenvalue weighted by Gasteiger charge is -2.29. The maximum absolute atomic E-state index is 14.0. The monoisotopic (exact) mass is 871 g/mol. The molecule has 6 atom stereocenters. The molecule has 7 amide bonds. The highest BCUT2D eigenvalue weighted by molar-refractivity contribution is 5.96. The molecule has 342 valence electrons. The van der Waals surface area contributed by atoms with Crippen LogP contribution in [0.15, 0.2) is 34.3 Å². The molecular formula is C37H60F3N13O8. The second-order valence-corrected chi connectivity index (χ2v) is 14.2. The molecule has 61 heavy (non-hydrogen) atoms. The number of hydrogen-bond donors (Lipinski definition) is 12. The number of rotatable bonds is 27. The number of alkyl halides is 3. The summed E-state index contributed by atoms with van der Waals surface area (Å²) in [5.74, 6) is -7.94. The molecule has 24 heteroatoms. The molecule has 0 bridgehead atoms. The summed E-state index contributed by atoms with van der Waals surface area (Å²) in [6.45, 7) is 4.34. The van der Waals surface area contributed by atoms with Crippen molar-refractivity contribution in [2.75, 3.05) is 19.6 Å². The number of amides is 7. The summed E-state index contributed by atoms with van der Waals surface area (Å²) in [4.78, 5) is 98.6. The number of benzene rings is 1. The average Bonchev–Trinajstić information content (AvgIpc) is 3.17. The van der Waals surface area contributed by atoms with Crippen LogP contribution in [0, 0.1) is 5.92 Å². The van der Waals surface area contributed by atoms with Gasteiger partial charge in [-0.2, -0.15) is 13.2 Å². The van der Waals surface area contributed by atoms with Crippen LogP contribution in [0.25, 0.3) is 0 Å². The highest BCUT2D eigenvalue weighted by Crippen LogP contribution is 2.16. The molecule has 0 aromatic heterocycles. The van der Waals surface area contributed by atoms with Crippen molar-refractivity contribution in [3.05, 3.63) is 29.8 Å². The van der Waals surface area contributed by atoms with Crippen molar-refractivity contribution in [1.29, 1.82) is 0 Å². The molecule has 0 unspecified atom stereocenters. The minimum absolute atomic E-state index is 0.0189. The molecule has 1 aromatic carbocycles. The van der Waals surface area contributed by atoms with Crippen LogP contribution in [0.5, 0.6) is 5.75 Å². The van der Waals surface area contributed by atoms with Crippen molar-refractivity contribution in [2.24, 2.45) is 44.6 Å². The number of nitrogens with zero attached hydrogens (tertiary/aromatic N) is 2. The molecule has 0 spiro atoms. The third-order valence-electron chi connectivity index (χ3n) is 9.14. The molecule has 1 aromatic rings. The number of aromatic hydroxyl groups is 1. The number of unbranched alkanes of at least 4 members (excludes halogenated alkanes) is 1. The number of nitrogens with two attached hydrogens (primary N) is 5. The quantitative estimate of drug-likeness (QED) is 0.0256. The summed E-state index contributed by atoms with van der Waals surface area (Å²) in [6, 6.07) is -0.725. The Morgan fingerprint density at radius 2 is 1.13 bits per heavy atom. The van der Waals surface area contributed by atoms with Crippen LogP contribution >= 0.6 is 0 Å². The minimum atomic E-state index is -5.12. The number of primary amides is 1. The van der Waals surface area contributed by atoms with Crippen LogP contribution in [0.4, 0.5) is 13.2 Å². The van der Waals surface area contributed by atoms with Crippen LogP contribution in [-0.2, 0) is 40.0 Å². The average molecular weight is 872 g/mol. The summed E-state index contributed by atoms with van der Waals surface area (Å²) in [7, 11) is 0. The highest BCUT2D eigenvalue weighted by atomic mass is 19.4. The van der Waals surface area contributed by atoms with E-state index in [2.05, 4.69) is 36.6 Å². The molecule has 17 N–H and O–H groups in total. The smallest absolute Gasteiger partial charge is 0.471 e. The number of hydrogen-bond acceptors (Lipinski definition) is 10. The summed E-state index contributed by atoms with van der Waals surface area (Å²) >= 11 is 0. The molecule has 0 heterocycles. The fraction of sp³-hybridized carbons (Fsp3) is 0.595. The lowest BCUT2D eigenvalue weighted by molar-refractivity contribution is -0.173. The number of phenols is 1. The van der Waals surface area contributed by atoms with E-state index >= 15 is 0 Å². The summed E-state index contributed by atoms with van der Waals surface area (Å²) in [6.07, 6.45) is -4.74. The van der Waals surface area contributed by atoms with Gasteiger partial charge in [-0.3, -0.25) is 43.5 Å². The number of guanidine groups is 2. The number of aliphatic imine (C=N–C) groups is 2. The Labute approximate surface area is 351 Å². The van der Waals surface area contributed by atoms with Crippen molar-refractivity contribution < 1.29 is 51.8 Å². The molecule has 0 aliphatic heterocycles. The van der Waals surface area contributed by atoms with Gasteiger partial charge in [0.25, 0.3) is 0 Å². The zero-order chi connectivity index (χ0) is 46.3. The fourth-order valence-corrected chi connectivity index (χ4v) is 5.69. The van der Waals surface area contributed by atoms with E-state index in [0.717, 1.165) is 0 Å². The van der Waals surface area contributed by atoms with Gasteiger partial charge in [-0.15, -0.1) is 0 Å². The Kier molecular flexibility index (Phi) is 23.0. The summed E-state index contributed by atoms with van der Waals surface area (Å²) in [5.41, 5.74) is 27.7. The first kappa shape index (κ1) is 52.7. The van der Waals surface area contributed by atoms with E-state index in [0.29, 0.717) is 12.0 Å². The van der Waals surface area contributed by atoms with Crippen molar-refractivity contribution in [3.8, 4) is 5.75 Å². The van der Waals surface area contributed by atoms with Crippen molar-refractivity contribution in [3.63, 3.8) is 0 Å². The zero-order valence-corrected chi connectivity index (χ0v) is 34.5. The second-order valence-electron chi connectivity index (χ2n) is 14.2. The normalized spacial score (nSPS) is 14.0. The molecule has 0 saturated heterocycles. The van der Waals surface area contributed by atoms with Crippen molar-refractivity contribution in [2.45, 2.75) is 115 Å². The molecule has 1 rings (SSSR count). The second kappa shape index (κ2) is 26.7. The van der Waals surface area contributed by atoms with Gasteiger partial charge in [-0.1, -0.05) is 32.4 Å². The molecular weight excluding hydrogens is 811 g/mol. The summed E-state index contributed by atoms with van der Waals surface area (Å²) < 4.78 is 38.2. The lowest BCUT2D eigenvalue weighted by atomic mass is 9.96. The Bertz CT molecular complexity index is 1690. The Morgan fingerprint density at radius 1 is 0.672 bits per heavy atom. The summed E-state index contributed by atoms with van der Waals surface area (Å²) in [5, 5.41) is 24.2. The van der Waals surface area contributed by atoms with Crippen LogP contribution in [0.2, 0.25) is 0 Å². The van der Waals surface area contributed by atoms with Crippen LogP contribution in [0.3, 0.4) is 0 Å². The topological polar surface area (TPSA) is 367 Å². The van der Waals surface area contributed by atoms with Gasteiger partial charge in [0.15, 0.2) is 11.9 Å². The number of phenolic OH excluding ortho intramolecular Hbond substituents is 1. The predicted molar refractivity (Wildman–Crippen MR) is 219 cm³/mol. The molecule has 0 aliphatic rings. The van der Waals surface area contributed by atoms with E-state index in [4.69, 9.17) is 28.7 Å². The Balaban J connectivity index is 3.45. The molecule has 0 fully saturated rings. The van der Waals surface area contributed by atoms with Crippen LogP contribution in [-0.4, -0.2) is 114 Å². The fourth-order valence-electron chi connectivity index (χ4n) is 5.69. The predicted octanol–water partition coefficient (Wildman–Crippen LogP) is -2.13. The first-order valence-corrected chi connectivity index (χ1v) is 19.6. The maximum Gasteiger partial charge on any atom is 0.471 e. The third kappa shape index (κ3) is 21.5. The van der Waals surface area contributed by atoms with Gasteiger partial charge in [-0.25, -0.2) is 0 Å². The first-order valence-electron chi connectivity index (χ1n) is 19.6. The number of carbonyl (C=O) groups excluding carboxylic acids is 7. The van der Waals surface area contributed by atoms with Gasteiger partial charge in [0, 0.05) is 33.0 Å². The largest absolute Gasteiger partial charge is 0.508 e. The van der Waals surface area contributed by atoms with E-state index in [-0.39, 0.29) is 82.1 Å². The van der Waals surface area contributed by atoms with Crippen molar-refractivity contribution in [1.82, 2.24) is 31.9 Å². The third-order valence-corrected chi connectivity index (χ3v) is 9.14. The van der Waals surface area contributed by atoms with E-state index in [1.807, 2.05) is 0 Å². The first-order chi connectivity index (χ1) is 28.5. The standard InChI is InChI=1S/C37H60F3N13O8/c1-4-20(2)28(53-32(59)24(49-21(3)54)10-7-17-47-35(42)43)33(60)51-25(9-5-6-16-46-34(61)37(38,39)40)30(57)50-26(11-8-18-48-36(44)45)31(58)52-27(29(41)56)19-22-12-14-23(55)15-13-22/h12-15,20,24-28,55H,4-11,16-19H2,1-3H3,(H2,41,56)(H,46,61)(H,49,54)(H,50,57)(H,51,60)(H,52,58)(H,53,59)(H4,42,43,47)(H4,44,45,48)/t20-,24-,25-,26-,27-,28-/m0/s1. The van der Waals surface area contributed by atoms with Crippen molar-refractivity contribution >= 4 is 53.3 Å². The SMILES string of the molecule is CC[C@H](C)[C@H](NC(=O)[C@H](CCCN=C(N)N)NC(C)=O)C(=O)N[C@@H](CCCCNC(=O)C(F)(F)F)C(=O)N[C@@H](CCCN=C(N)N)C(=O)N[C@@H](Cc1ccc(O)cc1)C(N)=O. The van der Waals surface area contributed by atoms with E-state index in [1.165, 1.54) is 31.2 Å². The Morgan fingerprint density at radius 3 is 1.59 bits per heavy atom. The lowest BCUT2D eigenvalue weighted by Crippen LogP contribution is -2.60. The highest BCUT2D eigenvalue weighted by Gasteiger charge is 2.38. The molecule has 21 nitrogen and oxygen atoms in total. The Hall–Kier alpha value is -6.36. The van der Waals surface area contributed by atoms with Gasteiger partial charge < -0.3 is 65.7 Å². The van der Waals surface area contributed by atoms with E-state index in [1.54, 1.807) is 19.2 Å². The number of halogens is 3. The van der Waals surface area contributed by atoms with Crippen LogP contribution < -0.4 is 60.6 Å².